The van der Waals surface area contributed by atoms with Crippen molar-refractivity contribution < 1.29 is 23.0 Å². The first kappa shape index (κ1) is 19.3. The predicted molar refractivity (Wildman–Crippen MR) is 97.0 cm³/mol. The second-order valence-corrected chi connectivity index (χ2v) is 8.52. The molecule has 2 aromatic carbocycles. The lowest BCUT2D eigenvalue weighted by molar-refractivity contribution is 0.0412. The van der Waals surface area contributed by atoms with Crippen LogP contribution in [0.5, 0.6) is 11.5 Å². The van der Waals surface area contributed by atoms with E-state index in [1.165, 1.54) is 0 Å². The molecule has 0 aliphatic rings. The maximum Gasteiger partial charge on any atom is 0.178 e. The van der Waals surface area contributed by atoms with Crippen molar-refractivity contribution in [1.29, 1.82) is 0 Å². The molecule has 0 aliphatic carbocycles. The van der Waals surface area contributed by atoms with Gasteiger partial charge < -0.3 is 14.6 Å². The van der Waals surface area contributed by atoms with Gasteiger partial charge in [-0.1, -0.05) is 12.1 Å². The molecule has 0 saturated heterocycles. The zero-order valence-corrected chi connectivity index (χ0v) is 15.5. The van der Waals surface area contributed by atoms with Crippen LogP contribution in [0.2, 0.25) is 0 Å². The molecule has 0 saturated carbocycles. The lowest BCUT2D eigenvalue weighted by Crippen LogP contribution is -2.32. The number of ether oxygens (including phenoxy) is 2. The predicted octanol–water partition coefficient (Wildman–Crippen LogP) is 2.86. The number of sulfone groups is 1. The maximum absolute atomic E-state index is 12.4. The van der Waals surface area contributed by atoms with Crippen molar-refractivity contribution in [2.24, 2.45) is 0 Å². The first-order valence-electron chi connectivity index (χ1n) is 8.01. The Bertz CT molecular complexity index is 778. The molecule has 136 valence electrons. The molecule has 2 aromatic rings. The maximum atomic E-state index is 12.4. The number of benzene rings is 2. The summed E-state index contributed by atoms with van der Waals surface area (Å²) in [5.74, 6) is 1.29. The number of hydrogen-bond donors (Lipinski definition) is 1. The molecule has 0 atom stereocenters. The molecule has 1 N–H and O–H groups in total. The third kappa shape index (κ3) is 5.47. The van der Waals surface area contributed by atoms with Gasteiger partial charge in [0, 0.05) is 0 Å². The van der Waals surface area contributed by atoms with E-state index < -0.39 is 15.4 Å². The first-order chi connectivity index (χ1) is 11.8. The number of aryl methyl sites for hydroxylation is 1. The van der Waals surface area contributed by atoms with Gasteiger partial charge in [-0.15, -0.1) is 0 Å². The van der Waals surface area contributed by atoms with Crippen molar-refractivity contribution in [1.82, 2.24) is 0 Å². The number of aliphatic hydroxyl groups excluding tert-OH is 1. The van der Waals surface area contributed by atoms with Crippen LogP contribution >= 0.6 is 0 Å². The van der Waals surface area contributed by atoms with E-state index in [0.717, 1.165) is 5.56 Å². The molecule has 0 amide bonds. The smallest absolute Gasteiger partial charge is 0.178 e. The van der Waals surface area contributed by atoms with E-state index in [4.69, 9.17) is 9.47 Å². The fourth-order valence-electron chi connectivity index (χ4n) is 2.23. The topological polar surface area (TPSA) is 72.8 Å². The molecule has 5 nitrogen and oxygen atoms in total. The highest BCUT2D eigenvalue weighted by atomic mass is 32.2. The van der Waals surface area contributed by atoms with E-state index in [-0.39, 0.29) is 17.3 Å². The standard InChI is InChI=1S/C19H24O5S/c1-19(2,14-20)24-17-6-4-15(5-7-17)12-13-25(21,22)18-10-8-16(23-3)9-11-18/h4-11,20H,12-14H2,1-3H3. The van der Waals surface area contributed by atoms with Crippen LogP contribution in [-0.2, 0) is 16.3 Å². The zero-order valence-electron chi connectivity index (χ0n) is 14.7. The van der Waals surface area contributed by atoms with Crippen LogP contribution in [-0.4, -0.2) is 38.6 Å². The molecular formula is C19H24O5S. The molecule has 0 radical (unpaired) electrons. The molecule has 0 unspecified atom stereocenters. The summed E-state index contributed by atoms with van der Waals surface area (Å²) in [7, 11) is -1.81. The summed E-state index contributed by atoms with van der Waals surface area (Å²) in [5.41, 5.74) is 0.255. The monoisotopic (exact) mass is 364 g/mol. The summed E-state index contributed by atoms with van der Waals surface area (Å²) >= 11 is 0. The number of methoxy groups -OCH3 is 1. The summed E-state index contributed by atoms with van der Waals surface area (Å²) in [4.78, 5) is 0.290. The van der Waals surface area contributed by atoms with E-state index in [0.29, 0.717) is 17.9 Å². The highest BCUT2D eigenvalue weighted by Gasteiger charge is 2.18. The van der Waals surface area contributed by atoms with Gasteiger partial charge in [-0.2, -0.15) is 0 Å². The summed E-state index contributed by atoms with van der Waals surface area (Å²) in [5, 5.41) is 9.23. The molecule has 0 heterocycles. The minimum atomic E-state index is -3.35. The Morgan fingerprint density at radius 1 is 0.960 bits per heavy atom. The number of aliphatic hydroxyl groups is 1. The highest BCUT2D eigenvalue weighted by molar-refractivity contribution is 7.91. The molecule has 25 heavy (non-hydrogen) atoms. The van der Waals surface area contributed by atoms with Crippen LogP contribution < -0.4 is 9.47 Å². The molecule has 0 fully saturated rings. The molecule has 0 bridgehead atoms. The van der Waals surface area contributed by atoms with Gasteiger partial charge in [0.2, 0.25) is 0 Å². The van der Waals surface area contributed by atoms with Crippen LogP contribution in [0, 0.1) is 0 Å². The summed E-state index contributed by atoms with van der Waals surface area (Å²) in [6.07, 6.45) is 0.415. The van der Waals surface area contributed by atoms with Crippen molar-refractivity contribution in [3.8, 4) is 11.5 Å². The second kappa shape index (κ2) is 7.89. The SMILES string of the molecule is COc1ccc(S(=O)(=O)CCc2ccc(OC(C)(C)CO)cc2)cc1. The minimum Gasteiger partial charge on any atom is -0.497 e. The normalized spacial score (nSPS) is 12.0. The second-order valence-electron chi connectivity index (χ2n) is 6.41. The van der Waals surface area contributed by atoms with Gasteiger partial charge in [-0.05, 0) is 62.2 Å². The van der Waals surface area contributed by atoms with E-state index in [1.54, 1.807) is 57.4 Å². The van der Waals surface area contributed by atoms with Gasteiger partial charge in [0.1, 0.15) is 17.1 Å². The lowest BCUT2D eigenvalue weighted by atomic mass is 10.1. The van der Waals surface area contributed by atoms with Crippen molar-refractivity contribution >= 4 is 9.84 Å². The summed E-state index contributed by atoms with van der Waals surface area (Å²) < 4.78 is 35.5. The van der Waals surface area contributed by atoms with Gasteiger partial charge in [-0.3, -0.25) is 0 Å². The van der Waals surface area contributed by atoms with Gasteiger partial charge in [0.05, 0.1) is 24.4 Å². The van der Waals surface area contributed by atoms with Crippen molar-refractivity contribution in [3.05, 3.63) is 54.1 Å². The first-order valence-corrected chi connectivity index (χ1v) is 9.67. The van der Waals surface area contributed by atoms with Crippen molar-refractivity contribution in [2.75, 3.05) is 19.5 Å². The van der Waals surface area contributed by atoms with Crippen LogP contribution in [0.3, 0.4) is 0 Å². The summed E-state index contributed by atoms with van der Waals surface area (Å²) in [6, 6.07) is 13.6. The molecule has 0 spiro atoms. The fourth-order valence-corrected chi connectivity index (χ4v) is 3.52. The van der Waals surface area contributed by atoms with Crippen LogP contribution in [0.25, 0.3) is 0 Å². The van der Waals surface area contributed by atoms with Crippen LogP contribution in [0.1, 0.15) is 19.4 Å². The Morgan fingerprint density at radius 3 is 2.04 bits per heavy atom. The minimum absolute atomic E-state index is 0.0294. The fraction of sp³-hybridized carbons (Fsp3) is 0.368. The molecule has 2 rings (SSSR count). The highest BCUT2D eigenvalue weighted by Crippen LogP contribution is 2.21. The van der Waals surface area contributed by atoms with Gasteiger partial charge in [0.15, 0.2) is 9.84 Å². The number of hydrogen-bond acceptors (Lipinski definition) is 5. The quantitative estimate of drug-likeness (QED) is 0.780. The third-order valence-corrected chi connectivity index (χ3v) is 5.51. The Hall–Kier alpha value is -2.05. The third-order valence-electron chi connectivity index (χ3n) is 3.78. The van der Waals surface area contributed by atoms with Crippen LogP contribution in [0.15, 0.2) is 53.4 Å². The Balaban J connectivity index is 2.00. The van der Waals surface area contributed by atoms with Gasteiger partial charge >= 0.3 is 0 Å². The Kier molecular flexibility index (Phi) is 6.08. The van der Waals surface area contributed by atoms with Crippen molar-refractivity contribution in [2.45, 2.75) is 30.8 Å². The largest absolute Gasteiger partial charge is 0.497 e. The average molecular weight is 364 g/mol. The lowest BCUT2D eigenvalue weighted by Gasteiger charge is -2.23. The molecule has 0 aromatic heterocycles. The van der Waals surface area contributed by atoms with E-state index in [2.05, 4.69) is 0 Å². The Labute approximate surface area is 149 Å². The zero-order chi connectivity index (χ0) is 18.5. The average Bonchev–Trinajstić information content (AvgIpc) is 2.61. The molecule has 0 aliphatic heterocycles. The van der Waals surface area contributed by atoms with Crippen molar-refractivity contribution in [3.63, 3.8) is 0 Å². The van der Waals surface area contributed by atoms with E-state index in [1.807, 2.05) is 12.1 Å². The molecule has 6 heteroatoms. The van der Waals surface area contributed by atoms with Crippen LogP contribution in [0.4, 0.5) is 0 Å². The Morgan fingerprint density at radius 2 is 1.52 bits per heavy atom. The molecular weight excluding hydrogens is 340 g/mol. The van der Waals surface area contributed by atoms with Gasteiger partial charge in [0.25, 0.3) is 0 Å². The van der Waals surface area contributed by atoms with Gasteiger partial charge in [-0.25, -0.2) is 8.42 Å². The van der Waals surface area contributed by atoms with E-state index >= 15 is 0 Å². The number of rotatable bonds is 8. The summed E-state index contributed by atoms with van der Waals surface area (Å²) in [6.45, 7) is 3.50. The van der Waals surface area contributed by atoms with E-state index in [9.17, 15) is 13.5 Å².